The van der Waals surface area contributed by atoms with Crippen LogP contribution in [0, 0.1) is 0 Å². The Balaban J connectivity index is 1.52. The molecule has 204 valence electrons. The molecule has 5 nitrogen and oxygen atoms in total. The first-order valence-electron chi connectivity index (χ1n) is 12.0. The van der Waals surface area contributed by atoms with Crippen LogP contribution in [0.25, 0.3) is 0 Å². The van der Waals surface area contributed by atoms with Gasteiger partial charge in [-0.25, -0.2) is 0 Å². The summed E-state index contributed by atoms with van der Waals surface area (Å²) in [7, 11) is 0. The van der Waals surface area contributed by atoms with E-state index in [9.17, 15) is 31.1 Å². The molecular weight excluding hydrogens is 514 g/mol. The van der Waals surface area contributed by atoms with E-state index >= 15 is 0 Å². The number of halogens is 6. The quantitative estimate of drug-likeness (QED) is 0.338. The third kappa shape index (κ3) is 7.16. The monoisotopic (exact) mass is 540 g/mol. The highest BCUT2D eigenvalue weighted by atomic mass is 19.4. The van der Waals surface area contributed by atoms with Crippen molar-refractivity contribution in [3.8, 4) is 0 Å². The second-order valence-corrected chi connectivity index (χ2v) is 9.09. The number of alkyl halides is 6. The van der Waals surface area contributed by atoms with Crippen molar-refractivity contribution >= 4 is 5.91 Å². The molecule has 2 atom stereocenters. The minimum atomic E-state index is -4.94. The van der Waals surface area contributed by atoms with Gasteiger partial charge in [-0.3, -0.25) is 9.69 Å². The minimum Gasteiger partial charge on any atom is -0.467 e. The van der Waals surface area contributed by atoms with E-state index in [4.69, 9.17) is 9.15 Å². The number of nitrogens with one attached hydrogen (secondary N) is 1. The highest BCUT2D eigenvalue weighted by molar-refractivity contribution is 5.78. The van der Waals surface area contributed by atoms with E-state index in [1.165, 1.54) is 6.26 Å². The van der Waals surface area contributed by atoms with Gasteiger partial charge >= 0.3 is 12.4 Å². The molecule has 2 aromatic carbocycles. The Bertz CT molecular complexity index is 1160. The molecule has 1 N–H and O–H groups in total. The highest BCUT2D eigenvalue weighted by Gasteiger charge is 2.38. The molecular formula is C27H26F6N2O3. The molecule has 0 spiro atoms. The maximum atomic E-state index is 13.3. The van der Waals surface area contributed by atoms with Crippen molar-refractivity contribution in [1.29, 1.82) is 0 Å². The lowest BCUT2D eigenvalue weighted by molar-refractivity contribution is -0.143. The molecule has 1 aliphatic rings. The Morgan fingerprint density at radius 1 is 0.974 bits per heavy atom. The van der Waals surface area contributed by atoms with Crippen molar-refractivity contribution in [2.24, 2.45) is 0 Å². The zero-order valence-corrected chi connectivity index (χ0v) is 20.2. The summed E-state index contributed by atoms with van der Waals surface area (Å²) in [5.41, 5.74) is -2.17. The van der Waals surface area contributed by atoms with E-state index in [0.29, 0.717) is 37.3 Å². The molecule has 1 fully saturated rings. The molecule has 4 rings (SSSR count). The number of carbonyl (C=O) groups is 1. The largest absolute Gasteiger partial charge is 0.467 e. The average Bonchev–Trinajstić information content (AvgIpc) is 3.39. The van der Waals surface area contributed by atoms with Crippen LogP contribution < -0.4 is 5.32 Å². The van der Waals surface area contributed by atoms with Crippen molar-refractivity contribution in [2.45, 2.75) is 50.5 Å². The van der Waals surface area contributed by atoms with Gasteiger partial charge < -0.3 is 14.5 Å². The maximum absolute atomic E-state index is 13.3. The van der Waals surface area contributed by atoms with Crippen LogP contribution in [-0.2, 0) is 35.0 Å². The van der Waals surface area contributed by atoms with Gasteiger partial charge in [0.2, 0.25) is 5.91 Å². The first-order chi connectivity index (χ1) is 18.0. The van der Waals surface area contributed by atoms with E-state index in [-0.39, 0.29) is 30.6 Å². The lowest BCUT2D eigenvalue weighted by Crippen LogP contribution is -2.47. The lowest BCUT2D eigenvalue weighted by atomic mass is 9.92. The molecule has 0 unspecified atom stereocenters. The number of hydrogen-bond acceptors (Lipinski definition) is 4. The topological polar surface area (TPSA) is 54.7 Å². The van der Waals surface area contributed by atoms with Crippen LogP contribution in [0.5, 0.6) is 0 Å². The van der Waals surface area contributed by atoms with Crippen LogP contribution in [-0.4, -0.2) is 30.0 Å². The third-order valence-corrected chi connectivity index (χ3v) is 6.32. The minimum absolute atomic E-state index is 0.0297. The zero-order chi connectivity index (χ0) is 27.3. The number of furan rings is 1. The zero-order valence-electron chi connectivity index (χ0n) is 20.2. The summed E-state index contributed by atoms with van der Waals surface area (Å²) in [5.74, 6) is 0.341. The van der Waals surface area contributed by atoms with Crippen LogP contribution in [0.15, 0.2) is 71.3 Å². The molecule has 1 aliphatic heterocycles. The molecule has 0 aliphatic carbocycles. The summed E-state index contributed by atoms with van der Waals surface area (Å²) in [4.78, 5) is 14.6. The average molecular weight is 541 g/mol. The smallest absolute Gasteiger partial charge is 0.416 e. The van der Waals surface area contributed by atoms with Gasteiger partial charge in [0.1, 0.15) is 5.76 Å². The van der Waals surface area contributed by atoms with Gasteiger partial charge in [0.05, 0.1) is 49.2 Å². The van der Waals surface area contributed by atoms with Gasteiger partial charge in [0.25, 0.3) is 0 Å². The molecule has 11 heteroatoms. The highest BCUT2D eigenvalue weighted by Crippen LogP contribution is 2.38. The standard InChI is InChI=1S/C27H26F6N2O3/c28-26(29,30)20-12-18(13-21(14-20)27(31,32)33)17-38-23-9-4-10-35(25(23)19-6-2-1-3-7-19)16-24(36)34-15-22-8-5-11-37-22/h1-3,5-8,11-14,23,25H,4,9-10,15-17H2,(H,34,36)/t23-,25-/m1/s1. The second-order valence-electron chi connectivity index (χ2n) is 9.09. The number of piperidine rings is 1. The number of rotatable bonds is 8. The van der Waals surface area contributed by atoms with E-state index in [1.807, 2.05) is 35.2 Å². The molecule has 0 radical (unpaired) electrons. The number of nitrogens with zero attached hydrogens (tertiary/aromatic N) is 1. The fourth-order valence-corrected chi connectivity index (χ4v) is 4.60. The molecule has 38 heavy (non-hydrogen) atoms. The summed E-state index contributed by atoms with van der Waals surface area (Å²) in [6, 6.07) is 13.6. The van der Waals surface area contributed by atoms with Crippen LogP contribution in [0.2, 0.25) is 0 Å². The first kappa shape index (κ1) is 27.7. The Hall–Kier alpha value is -3.31. The molecule has 1 aromatic heterocycles. The Labute approximate surface area is 215 Å². The van der Waals surface area contributed by atoms with Crippen molar-refractivity contribution in [1.82, 2.24) is 10.2 Å². The van der Waals surface area contributed by atoms with Gasteiger partial charge in [0.15, 0.2) is 0 Å². The summed E-state index contributed by atoms with van der Waals surface area (Å²) in [5, 5.41) is 2.79. The molecule has 1 amide bonds. The van der Waals surface area contributed by atoms with Gasteiger partial charge in [-0.1, -0.05) is 30.3 Å². The number of likely N-dealkylation sites (tertiary alicyclic amines) is 1. The predicted octanol–water partition coefficient (Wildman–Crippen LogP) is 6.36. The Morgan fingerprint density at radius 3 is 2.26 bits per heavy atom. The number of benzene rings is 2. The number of ether oxygens (including phenoxy) is 1. The van der Waals surface area contributed by atoms with E-state index in [0.717, 1.165) is 5.56 Å². The van der Waals surface area contributed by atoms with Gasteiger partial charge in [0, 0.05) is 0 Å². The van der Waals surface area contributed by atoms with Crippen molar-refractivity contribution in [2.75, 3.05) is 13.1 Å². The summed E-state index contributed by atoms with van der Waals surface area (Å²) in [6.45, 7) is 0.365. The van der Waals surface area contributed by atoms with Crippen LogP contribution in [0.1, 0.15) is 46.9 Å². The summed E-state index contributed by atoms with van der Waals surface area (Å²) >= 11 is 0. The molecule has 1 saturated heterocycles. The Kier molecular flexibility index (Phi) is 8.47. The molecule has 0 saturated carbocycles. The molecule has 0 bridgehead atoms. The number of carbonyl (C=O) groups excluding carboxylic acids is 1. The van der Waals surface area contributed by atoms with Crippen molar-refractivity contribution in [3.05, 3.63) is 94.9 Å². The maximum Gasteiger partial charge on any atom is 0.416 e. The Morgan fingerprint density at radius 2 is 1.66 bits per heavy atom. The van der Waals surface area contributed by atoms with E-state index < -0.39 is 42.2 Å². The van der Waals surface area contributed by atoms with E-state index in [2.05, 4.69) is 5.32 Å². The van der Waals surface area contributed by atoms with Crippen molar-refractivity contribution < 1.29 is 40.3 Å². The van der Waals surface area contributed by atoms with Crippen molar-refractivity contribution in [3.63, 3.8) is 0 Å². The van der Waals surface area contributed by atoms with Crippen LogP contribution in [0.3, 0.4) is 0 Å². The molecule has 3 aromatic rings. The van der Waals surface area contributed by atoms with Gasteiger partial charge in [-0.15, -0.1) is 0 Å². The summed E-state index contributed by atoms with van der Waals surface area (Å²) < 4.78 is 90.9. The SMILES string of the molecule is O=C(CN1CCC[C@@H](OCc2cc(C(F)(F)F)cc(C(F)(F)F)c2)[C@H]1c1ccccc1)NCc1ccco1. The summed E-state index contributed by atoms with van der Waals surface area (Å²) in [6.07, 6.45) is -7.78. The van der Waals surface area contributed by atoms with E-state index in [1.54, 1.807) is 12.1 Å². The first-order valence-corrected chi connectivity index (χ1v) is 12.0. The number of hydrogen-bond donors (Lipinski definition) is 1. The fraction of sp³-hybridized carbons (Fsp3) is 0.370. The third-order valence-electron chi connectivity index (χ3n) is 6.32. The lowest BCUT2D eigenvalue weighted by Gasteiger charge is -2.41. The predicted molar refractivity (Wildman–Crippen MR) is 126 cm³/mol. The molecule has 2 heterocycles. The fourth-order valence-electron chi connectivity index (χ4n) is 4.60. The second kappa shape index (κ2) is 11.6. The van der Waals surface area contributed by atoms with Gasteiger partial charge in [-0.05, 0) is 60.8 Å². The van der Waals surface area contributed by atoms with Crippen LogP contribution in [0.4, 0.5) is 26.3 Å². The normalized spacial score (nSPS) is 18.9. The van der Waals surface area contributed by atoms with Gasteiger partial charge in [-0.2, -0.15) is 26.3 Å². The number of amides is 1. The van der Waals surface area contributed by atoms with Crippen LogP contribution >= 0.6 is 0 Å².